The normalized spacial score (nSPS) is 22.0. The van der Waals surface area contributed by atoms with E-state index < -0.39 is 0 Å². The van der Waals surface area contributed by atoms with E-state index >= 15 is 0 Å². The van der Waals surface area contributed by atoms with Gasteiger partial charge in [-0.1, -0.05) is 12.2 Å². The van der Waals surface area contributed by atoms with E-state index in [1.807, 2.05) is 25.3 Å². The van der Waals surface area contributed by atoms with Crippen LogP contribution in [-0.2, 0) is 11.2 Å². The Balaban J connectivity index is 1.52. The fourth-order valence-corrected chi connectivity index (χ4v) is 5.24. The van der Waals surface area contributed by atoms with Crippen molar-refractivity contribution < 1.29 is 4.79 Å². The molecule has 2 aromatic rings. The minimum atomic E-state index is 0.0919. The van der Waals surface area contributed by atoms with Gasteiger partial charge < -0.3 is 5.32 Å². The number of aromatic nitrogens is 3. The first-order valence-electron chi connectivity index (χ1n) is 12.0. The molecule has 2 aliphatic rings. The fourth-order valence-electron chi connectivity index (χ4n) is 5.24. The Kier molecular flexibility index (Phi) is 6.75. The van der Waals surface area contributed by atoms with Crippen LogP contribution in [0.2, 0.25) is 0 Å². The predicted molar refractivity (Wildman–Crippen MR) is 124 cm³/mol. The number of hydrogen-bond acceptors (Lipinski definition) is 4. The quantitative estimate of drug-likeness (QED) is 0.675. The van der Waals surface area contributed by atoms with Crippen LogP contribution in [0.15, 0.2) is 18.2 Å². The van der Waals surface area contributed by atoms with Gasteiger partial charge in [0.1, 0.15) is 0 Å². The topological polar surface area (TPSA) is 62.5 Å². The summed E-state index contributed by atoms with van der Waals surface area (Å²) in [7, 11) is 0. The lowest BCUT2D eigenvalue weighted by atomic mass is 9.93. The summed E-state index contributed by atoms with van der Waals surface area (Å²) in [5, 5.41) is 7.99. The molecule has 1 aliphatic carbocycles. The van der Waals surface area contributed by atoms with Crippen molar-refractivity contribution >= 4 is 11.6 Å². The number of amides is 1. The van der Waals surface area contributed by atoms with Gasteiger partial charge in [-0.15, -0.1) is 0 Å². The largest absolute Gasteiger partial charge is 0.354 e. The van der Waals surface area contributed by atoms with E-state index in [4.69, 9.17) is 10.1 Å². The average Bonchev–Trinajstić information content (AvgIpc) is 3.34. The lowest BCUT2D eigenvalue weighted by molar-refractivity contribution is -0.121. The van der Waals surface area contributed by atoms with Crippen molar-refractivity contribution in [3.8, 4) is 0 Å². The van der Waals surface area contributed by atoms with Gasteiger partial charge in [0.05, 0.1) is 11.7 Å². The summed E-state index contributed by atoms with van der Waals surface area (Å²) in [5.41, 5.74) is 5.32. The Bertz CT molecular complexity index is 960. The minimum absolute atomic E-state index is 0.0919. The number of carbonyl (C=O) groups is 1. The van der Waals surface area contributed by atoms with E-state index in [-0.39, 0.29) is 11.9 Å². The first kappa shape index (κ1) is 22.0. The van der Waals surface area contributed by atoms with Crippen molar-refractivity contribution in [3.63, 3.8) is 0 Å². The van der Waals surface area contributed by atoms with Gasteiger partial charge in [0.15, 0.2) is 5.65 Å². The molecule has 1 fully saturated rings. The van der Waals surface area contributed by atoms with Crippen LogP contribution >= 0.6 is 0 Å². The number of nitrogens with zero attached hydrogens (tertiary/aromatic N) is 4. The van der Waals surface area contributed by atoms with E-state index in [2.05, 4.69) is 35.4 Å². The Morgan fingerprint density at radius 2 is 2.10 bits per heavy atom. The zero-order valence-electron chi connectivity index (χ0n) is 19.5. The minimum Gasteiger partial charge on any atom is -0.354 e. The molecule has 4 rings (SSSR count). The fraction of sp³-hybridized carbons (Fsp3) is 0.640. The third kappa shape index (κ3) is 5.00. The molecule has 1 amide bonds. The molecule has 1 aliphatic heterocycles. The molecule has 1 N–H and O–H groups in total. The monoisotopic (exact) mass is 423 g/mol. The van der Waals surface area contributed by atoms with Crippen LogP contribution < -0.4 is 5.32 Å². The maximum Gasteiger partial charge on any atom is 0.220 e. The Morgan fingerprint density at radius 3 is 2.84 bits per heavy atom. The highest BCUT2D eigenvalue weighted by molar-refractivity contribution is 5.76. The molecule has 0 aromatic carbocycles. The average molecular weight is 424 g/mol. The molecule has 0 spiro atoms. The molecular formula is C25H37N5O. The van der Waals surface area contributed by atoms with Gasteiger partial charge >= 0.3 is 0 Å². The molecule has 3 heterocycles. The highest BCUT2D eigenvalue weighted by Crippen LogP contribution is 2.34. The summed E-state index contributed by atoms with van der Waals surface area (Å²) < 4.78 is 2.00. The zero-order valence-corrected chi connectivity index (χ0v) is 19.5. The van der Waals surface area contributed by atoms with Crippen LogP contribution in [0.4, 0.5) is 0 Å². The first-order chi connectivity index (χ1) is 14.9. The van der Waals surface area contributed by atoms with E-state index in [1.165, 1.54) is 45.2 Å². The summed E-state index contributed by atoms with van der Waals surface area (Å²) in [6.07, 6.45) is 12.0. The van der Waals surface area contributed by atoms with E-state index in [1.54, 1.807) is 0 Å². The van der Waals surface area contributed by atoms with Gasteiger partial charge in [0.2, 0.25) is 5.91 Å². The Hall–Kier alpha value is -2.21. The molecule has 0 radical (unpaired) electrons. The maximum absolute atomic E-state index is 12.1. The van der Waals surface area contributed by atoms with Gasteiger partial charge in [-0.25, -0.2) is 9.50 Å². The van der Waals surface area contributed by atoms with Gasteiger partial charge in [0.25, 0.3) is 0 Å². The third-order valence-electron chi connectivity index (χ3n) is 6.81. The van der Waals surface area contributed by atoms with Crippen molar-refractivity contribution in [2.45, 2.75) is 84.7 Å². The van der Waals surface area contributed by atoms with Crippen LogP contribution in [0.5, 0.6) is 0 Å². The SMILES string of the molecule is Cc1nc2cc([C@@H]3CCCN3C[C@H]3CC=CCC3)nn2c(C)c1CCC(=O)NC(C)C. The highest BCUT2D eigenvalue weighted by Gasteiger charge is 2.30. The second-order valence-electron chi connectivity index (χ2n) is 9.63. The van der Waals surface area contributed by atoms with Crippen molar-refractivity contribution in [1.29, 1.82) is 0 Å². The second-order valence-corrected chi connectivity index (χ2v) is 9.63. The number of carbonyl (C=O) groups excluding carboxylic acids is 1. The van der Waals surface area contributed by atoms with Crippen LogP contribution in [0.3, 0.4) is 0 Å². The summed E-state index contributed by atoms with van der Waals surface area (Å²) in [6.45, 7) is 10.5. The molecule has 0 bridgehead atoms. The number of fused-ring (bicyclic) bond motifs is 1. The molecular weight excluding hydrogens is 386 g/mol. The van der Waals surface area contributed by atoms with Crippen LogP contribution in [0, 0.1) is 19.8 Å². The third-order valence-corrected chi connectivity index (χ3v) is 6.81. The van der Waals surface area contributed by atoms with Crippen molar-refractivity contribution in [2.75, 3.05) is 13.1 Å². The highest BCUT2D eigenvalue weighted by atomic mass is 16.1. The Labute approximate surface area is 186 Å². The smallest absolute Gasteiger partial charge is 0.220 e. The predicted octanol–water partition coefficient (Wildman–Crippen LogP) is 4.30. The van der Waals surface area contributed by atoms with Crippen LogP contribution in [0.25, 0.3) is 5.65 Å². The van der Waals surface area contributed by atoms with Crippen molar-refractivity contribution in [1.82, 2.24) is 24.8 Å². The summed E-state index contributed by atoms with van der Waals surface area (Å²) >= 11 is 0. The standard InChI is InChI=1S/C25H37N5O/c1-17(2)26-25(31)13-12-21-18(3)27-24-15-22(28-30(24)19(21)4)23-11-8-14-29(23)16-20-9-6-5-7-10-20/h5-6,15,17,20,23H,7-14,16H2,1-4H3,(H,26,31)/t20-,23-/m0/s1. The molecule has 0 unspecified atom stereocenters. The molecule has 1 saturated heterocycles. The van der Waals surface area contributed by atoms with Gasteiger partial charge in [0, 0.05) is 36.5 Å². The molecule has 2 atom stereocenters. The number of aryl methyl sites for hydroxylation is 2. The number of nitrogens with one attached hydrogen (secondary N) is 1. The zero-order chi connectivity index (χ0) is 22.0. The van der Waals surface area contributed by atoms with E-state index in [0.717, 1.165) is 34.2 Å². The summed E-state index contributed by atoms with van der Waals surface area (Å²) in [4.78, 5) is 19.6. The van der Waals surface area contributed by atoms with E-state index in [0.29, 0.717) is 18.9 Å². The number of likely N-dealkylation sites (tertiary alicyclic amines) is 1. The first-order valence-corrected chi connectivity index (χ1v) is 12.0. The number of rotatable bonds is 7. The number of allylic oxidation sites excluding steroid dienone is 2. The van der Waals surface area contributed by atoms with Gasteiger partial charge in [-0.3, -0.25) is 9.69 Å². The lowest BCUT2D eigenvalue weighted by Crippen LogP contribution is -2.30. The molecule has 2 aromatic heterocycles. The second kappa shape index (κ2) is 9.51. The molecule has 31 heavy (non-hydrogen) atoms. The molecule has 168 valence electrons. The summed E-state index contributed by atoms with van der Waals surface area (Å²) in [6, 6.07) is 2.74. The van der Waals surface area contributed by atoms with Gasteiger partial charge in [-0.05, 0) is 84.2 Å². The lowest BCUT2D eigenvalue weighted by Gasteiger charge is -2.28. The maximum atomic E-state index is 12.1. The van der Waals surface area contributed by atoms with Crippen LogP contribution in [0.1, 0.15) is 81.1 Å². The van der Waals surface area contributed by atoms with Crippen LogP contribution in [-0.4, -0.2) is 44.5 Å². The molecule has 6 heteroatoms. The van der Waals surface area contributed by atoms with Crippen molar-refractivity contribution in [3.05, 3.63) is 40.9 Å². The van der Waals surface area contributed by atoms with Crippen molar-refractivity contribution in [2.24, 2.45) is 5.92 Å². The van der Waals surface area contributed by atoms with E-state index in [9.17, 15) is 4.79 Å². The summed E-state index contributed by atoms with van der Waals surface area (Å²) in [5.74, 6) is 0.863. The molecule has 0 saturated carbocycles. The number of hydrogen-bond donors (Lipinski definition) is 1. The Morgan fingerprint density at radius 1 is 1.26 bits per heavy atom. The van der Waals surface area contributed by atoms with Gasteiger partial charge in [-0.2, -0.15) is 5.10 Å². The molecule has 6 nitrogen and oxygen atoms in total.